The van der Waals surface area contributed by atoms with E-state index in [9.17, 15) is 13.0 Å². The minimum absolute atomic E-state index is 0.0191. The predicted molar refractivity (Wildman–Crippen MR) is 151 cm³/mol. The van der Waals surface area contributed by atoms with Gasteiger partial charge in [-0.15, -0.1) is 9.24 Å². The summed E-state index contributed by atoms with van der Waals surface area (Å²) in [5.74, 6) is 0.312. The fourth-order valence-electron chi connectivity index (χ4n) is 4.51. The van der Waals surface area contributed by atoms with Crippen molar-refractivity contribution < 1.29 is 13.0 Å². The second kappa shape index (κ2) is 11.6. The lowest BCUT2D eigenvalue weighted by molar-refractivity contribution is 0.483. The van der Waals surface area contributed by atoms with Crippen LogP contribution >= 0.6 is 17.2 Å². The average Bonchev–Trinajstić information content (AvgIpc) is 2.89. The Kier molecular flexibility index (Phi) is 8.52. The molecule has 0 aromatic heterocycles. The maximum absolute atomic E-state index is 11.9. The molecule has 1 N–H and O–H groups in total. The molecule has 4 rings (SSSR count). The van der Waals surface area contributed by atoms with Gasteiger partial charge in [0.15, 0.2) is 0 Å². The van der Waals surface area contributed by atoms with Crippen molar-refractivity contribution in [2.45, 2.75) is 35.5 Å². The fraction of sp³-hybridized carbons (Fsp3) is 0.172. The topological polar surface area (TPSA) is 54.4 Å². The van der Waals surface area contributed by atoms with Crippen LogP contribution in [0.25, 0.3) is 0 Å². The highest BCUT2D eigenvalue weighted by Crippen LogP contribution is 2.52. The van der Waals surface area contributed by atoms with Gasteiger partial charge in [0.1, 0.15) is 0 Å². The van der Waals surface area contributed by atoms with Gasteiger partial charge >= 0.3 is 0 Å². The summed E-state index contributed by atoms with van der Waals surface area (Å²) in [4.78, 5) is -0.0685. The van der Waals surface area contributed by atoms with E-state index in [1.165, 1.54) is 22.2 Å². The lowest BCUT2D eigenvalue weighted by Gasteiger charge is -2.35. The molecular weight excluding hydrogens is 490 g/mol. The first-order valence-corrected chi connectivity index (χ1v) is 15.1. The molecule has 0 aliphatic heterocycles. The molecule has 6 heteroatoms. The summed E-state index contributed by atoms with van der Waals surface area (Å²) in [5.41, 5.74) is 2.35. The molecule has 0 spiro atoms. The van der Waals surface area contributed by atoms with Crippen LogP contribution in [-0.2, 0) is 10.1 Å². The lowest BCUT2D eigenvalue weighted by atomic mass is 9.93. The zero-order valence-corrected chi connectivity index (χ0v) is 22.5. The van der Waals surface area contributed by atoms with Gasteiger partial charge in [0.05, 0.1) is 4.90 Å². The van der Waals surface area contributed by atoms with Gasteiger partial charge in [0.25, 0.3) is 10.1 Å². The summed E-state index contributed by atoms with van der Waals surface area (Å²) >= 11 is 0. The van der Waals surface area contributed by atoms with E-state index in [1.807, 2.05) is 24.3 Å². The molecule has 4 aromatic rings. The Morgan fingerprint density at radius 2 is 1.23 bits per heavy atom. The molecule has 0 aliphatic carbocycles. The first-order valence-electron chi connectivity index (χ1n) is 11.6. The molecule has 4 aromatic carbocycles. The van der Waals surface area contributed by atoms with Crippen LogP contribution in [0.3, 0.4) is 0 Å². The Hall–Kier alpha value is -2.35. The molecule has 35 heavy (non-hydrogen) atoms. The van der Waals surface area contributed by atoms with Crippen LogP contribution in [0.5, 0.6) is 0 Å². The quantitative estimate of drug-likeness (QED) is 0.201. The molecule has 0 bridgehead atoms. The number of hydrogen-bond acceptors (Lipinski definition) is 2. The van der Waals surface area contributed by atoms with Gasteiger partial charge in [-0.05, 0) is 59.8 Å². The van der Waals surface area contributed by atoms with E-state index in [0.717, 1.165) is 12.0 Å². The SMILES string of the molecule is CC(CC(C(P)c1cccc(S(=O)(=O)O)c1)P(c1ccccc1)c1ccccc1)c1ccccc1. The smallest absolute Gasteiger partial charge is 0.282 e. The average molecular weight is 521 g/mol. The van der Waals surface area contributed by atoms with E-state index in [1.54, 1.807) is 12.1 Å². The summed E-state index contributed by atoms with van der Waals surface area (Å²) in [6.07, 6.45) is 0.920. The van der Waals surface area contributed by atoms with Crippen LogP contribution < -0.4 is 10.6 Å². The maximum Gasteiger partial charge on any atom is 0.294 e. The Labute approximate surface area is 212 Å². The summed E-state index contributed by atoms with van der Waals surface area (Å²) in [6.45, 7) is 2.26. The fourth-order valence-corrected chi connectivity index (χ4v) is 8.99. The molecule has 0 aliphatic rings. The van der Waals surface area contributed by atoms with E-state index in [2.05, 4.69) is 89.0 Å². The molecule has 4 unspecified atom stereocenters. The maximum atomic E-state index is 11.9. The zero-order valence-electron chi connectivity index (χ0n) is 19.6. The number of rotatable bonds is 9. The van der Waals surface area contributed by atoms with Gasteiger partial charge in [0, 0.05) is 5.66 Å². The monoisotopic (exact) mass is 520 g/mol. The Morgan fingerprint density at radius 1 is 0.743 bits per heavy atom. The summed E-state index contributed by atoms with van der Waals surface area (Å²) < 4.78 is 33.4. The Morgan fingerprint density at radius 3 is 1.74 bits per heavy atom. The highest BCUT2D eigenvalue weighted by molar-refractivity contribution is 7.85. The van der Waals surface area contributed by atoms with Crippen molar-refractivity contribution in [3.63, 3.8) is 0 Å². The van der Waals surface area contributed by atoms with E-state index in [-0.39, 0.29) is 16.2 Å². The third-order valence-electron chi connectivity index (χ3n) is 6.32. The van der Waals surface area contributed by atoms with Gasteiger partial charge in [0.2, 0.25) is 0 Å². The van der Waals surface area contributed by atoms with Crippen LogP contribution in [0, 0.1) is 0 Å². The molecule has 180 valence electrons. The van der Waals surface area contributed by atoms with Crippen molar-refractivity contribution in [3.8, 4) is 0 Å². The van der Waals surface area contributed by atoms with Crippen molar-refractivity contribution in [1.29, 1.82) is 0 Å². The molecule has 0 amide bonds. The van der Waals surface area contributed by atoms with Crippen molar-refractivity contribution in [2.24, 2.45) is 0 Å². The first kappa shape index (κ1) is 25.7. The second-order valence-corrected chi connectivity index (χ2v) is 13.3. The van der Waals surface area contributed by atoms with Crippen molar-refractivity contribution in [2.75, 3.05) is 0 Å². The molecule has 0 radical (unpaired) electrons. The first-order chi connectivity index (χ1) is 16.8. The Bertz CT molecular complexity index is 1290. The molecule has 4 atom stereocenters. The third-order valence-corrected chi connectivity index (χ3v) is 11.2. The number of hydrogen-bond donors (Lipinski definition) is 1. The normalized spacial score (nSPS) is 14.4. The van der Waals surface area contributed by atoms with E-state index >= 15 is 0 Å². The zero-order chi connectivity index (χ0) is 24.8. The molecule has 0 fully saturated rings. The van der Waals surface area contributed by atoms with Crippen molar-refractivity contribution >= 4 is 37.9 Å². The largest absolute Gasteiger partial charge is 0.294 e. The molecular formula is C29H30O3P2S. The summed E-state index contributed by atoms with van der Waals surface area (Å²) in [7, 11) is -2.06. The van der Waals surface area contributed by atoms with Gasteiger partial charge < -0.3 is 0 Å². The molecule has 0 saturated carbocycles. The van der Waals surface area contributed by atoms with Crippen LogP contribution in [0.2, 0.25) is 0 Å². The van der Waals surface area contributed by atoms with Crippen molar-refractivity contribution in [1.82, 2.24) is 0 Å². The third kappa shape index (κ3) is 6.46. The van der Waals surface area contributed by atoms with Gasteiger partial charge in [-0.1, -0.05) is 110 Å². The van der Waals surface area contributed by atoms with E-state index in [0.29, 0.717) is 5.92 Å². The number of benzene rings is 4. The van der Waals surface area contributed by atoms with Gasteiger partial charge in [-0.3, -0.25) is 4.55 Å². The molecule has 3 nitrogen and oxygen atoms in total. The lowest BCUT2D eigenvalue weighted by Crippen LogP contribution is -2.26. The van der Waals surface area contributed by atoms with E-state index in [4.69, 9.17) is 0 Å². The second-order valence-electron chi connectivity index (χ2n) is 8.73. The van der Waals surface area contributed by atoms with Crippen LogP contribution in [-0.4, -0.2) is 18.6 Å². The molecule has 0 heterocycles. The standard InChI is InChI=1S/C29H30O3P2S/c1-22(23-12-5-2-6-13-23)20-28(29(33)24-14-11-19-27(21-24)35(30,31)32)34(25-15-7-3-8-16-25)26-17-9-4-10-18-26/h2-19,21-22,28-29H,20,33H2,1H3,(H,30,31,32). The highest BCUT2D eigenvalue weighted by atomic mass is 32.2. The van der Waals surface area contributed by atoms with Gasteiger partial charge in [-0.2, -0.15) is 8.42 Å². The highest BCUT2D eigenvalue weighted by Gasteiger charge is 2.32. The minimum Gasteiger partial charge on any atom is -0.282 e. The van der Waals surface area contributed by atoms with Crippen LogP contribution in [0.15, 0.2) is 120 Å². The summed E-state index contributed by atoms with van der Waals surface area (Å²) in [6, 6.07) is 38.5. The minimum atomic E-state index is -4.28. The summed E-state index contributed by atoms with van der Waals surface area (Å²) in [5, 5.41) is 2.58. The van der Waals surface area contributed by atoms with Crippen LogP contribution in [0.1, 0.15) is 36.0 Å². The van der Waals surface area contributed by atoms with Gasteiger partial charge in [-0.25, -0.2) is 0 Å². The van der Waals surface area contributed by atoms with E-state index < -0.39 is 18.0 Å². The Balaban J connectivity index is 1.83. The molecule has 0 saturated heterocycles. The van der Waals surface area contributed by atoms with Crippen molar-refractivity contribution in [3.05, 3.63) is 126 Å². The van der Waals surface area contributed by atoms with Crippen LogP contribution in [0.4, 0.5) is 0 Å². The predicted octanol–water partition coefficient (Wildman–Crippen LogP) is 6.54.